The van der Waals surface area contributed by atoms with Gasteiger partial charge < -0.3 is 15.2 Å². The number of nitrogens with two attached hydrogens (primary N) is 1. The number of aryl methyl sites for hydroxylation is 1. The zero-order valence-corrected chi connectivity index (χ0v) is 17.1. The van der Waals surface area contributed by atoms with Crippen LogP contribution in [-0.4, -0.2) is 22.3 Å². The summed E-state index contributed by atoms with van der Waals surface area (Å²) in [6.45, 7) is 4.64. The van der Waals surface area contributed by atoms with Crippen LogP contribution in [0.15, 0.2) is 53.3 Å². The van der Waals surface area contributed by atoms with E-state index in [1.807, 2.05) is 49.4 Å². The number of primary amides is 1. The second-order valence-electron chi connectivity index (χ2n) is 7.76. The molecule has 156 valence electrons. The maximum absolute atomic E-state index is 13.4. The number of nitrogens with zero attached hydrogens (tertiary/aromatic N) is 2. The van der Waals surface area contributed by atoms with Crippen LogP contribution in [0.2, 0.25) is 0 Å². The molecular formula is C23H25N3O4. The van der Waals surface area contributed by atoms with Crippen LogP contribution in [0, 0.1) is 12.8 Å². The Bertz CT molecular complexity index is 1130. The summed E-state index contributed by atoms with van der Waals surface area (Å²) in [5, 5.41) is 0.586. The monoisotopic (exact) mass is 407 g/mol. The smallest absolute Gasteiger partial charge is 0.405 e. The van der Waals surface area contributed by atoms with Gasteiger partial charge in [0.25, 0.3) is 5.56 Å². The van der Waals surface area contributed by atoms with Crippen LogP contribution in [0.3, 0.4) is 0 Å². The summed E-state index contributed by atoms with van der Waals surface area (Å²) in [6, 6.07) is 15.5. The van der Waals surface area contributed by atoms with E-state index in [9.17, 15) is 9.59 Å². The van der Waals surface area contributed by atoms with E-state index in [4.69, 9.17) is 15.2 Å². The number of aromatic nitrogens is 2. The third-order valence-electron chi connectivity index (χ3n) is 5.48. The topological polar surface area (TPSA) is 96.4 Å². The molecule has 1 aromatic heterocycles. The minimum absolute atomic E-state index is 0.0429. The largest absolute Gasteiger partial charge is 0.439 e. The van der Waals surface area contributed by atoms with E-state index < -0.39 is 12.2 Å². The van der Waals surface area contributed by atoms with Gasteiger partial charge in [-0.2, -0.15) is 0 Å². The van der Waals surface area contributed by atoms with Gasteiger partial charge in [0.1, 0.15) is 0 Å². The molecule has 1 heterocycles. The predicted molar refractivity (Wildman–Crippen MR) is 113 cm³/mol. The van der Waals surface area contributed by atoms with Crippen LogP contribution in [0.5, 0.6) is 0 Å². The Morgan fingerprint density at radius 1 is 1.23 bits per heavy atom. The first-order chi connectivity index (χ1) is 14.5. The van der Waals surface area contributed by atoms with Gasteiger partial charge in [0.2, 0.25) is 0 Å². The number of carbonyl (C=O) groups is 1. The van der Waals surface area contributed by atoms with E-state index in [-0.39, 0.29) is 17.5 Å². The van der Waals surface area contributed by atoms with Crippen molar-refractivity contribution in [3.63, 3.8) is 0 Å². The van der Waals surface area contributed by atoms with Gasteiger partial charge in [-0.15, -0.1) is 0 Å². The standard InChI is InChI=1S/C23H25N3O4/c1-14-7-6-10-18-20(14)22(27)26(21(25-18)15(2)30-23(24)28)19-11-17(19)13-29-12-16-8-4-3-5-9-16/h3-10,15,17,19H,11-13H2,1-2H3,(H2,24,28)/t15-,17?,19?/m0/s1. The summed E-state index contributed by atoms with van der Waals surface area (Å²) in [5.41, 5.74) is 7.64. The van der Waals surface area contributed by atoms with Crippen molar-refractivity contribution < 1.29 is 14.3 Å². The van der Waals surface area contributed by atoms with Crippen molar-refractivity contribution in [3.8, 4) is 0 Å². The van der Waals surface area contributed by atoms with Crippen molar-refractivity contribution >= 4 is 17.0 Å². The summed E-state index contributed by atoms with van der Waals surface area (Å²) in [4.78, 5) is 29.3. The molecule has 30 heavy (non-hydrogen) atoms. The molecule has 7 heteroatoms. The molecule has 1 saturated carbocycles. The van der Waals surface area contributed by atoms with E-state index in [2.05, 4.69) is 4.98 Å². The van der Waals surface area contributed by atoms with E-state index in [1.165, 1.54) is 0 Å². The van der Waals surface area contributed by atoms with Crippen LogP contribution in [-0.2, 0) is 16.1 Å². The third kappa shape index (κ3) is 4.07. The Balaban J connectivity index is 1.60. The second kappa shape index (κ2) is 8.28. The number of hydrogen-bond donors (Lipinski definition) is 1. The Morgan fingerprint density at radius 3 is 2.73 bits per heavy atom. The molecule has 1 fully saturated rings. The molecule has 7 nitrogen and oxygen atoms in total. The number of rotatable bonds is 7. The highest BCUT2D eigenvalue weighted by atomic mass is 16.6. The summed E-state index contributed by atoms with van der Waals surface area (Å²) < 4.78 is 12.7. The maximum Gasteiger partial charge on any atom is 0.405 e. The predicted octanol–water partition coefficient (Wildman–Crippen LogP) is 3.64. The lowest BCUT2D eigenvalue weighted by atomic mass is 10.1. The second-order valence-corrected chi connectivity index (χ2v) is 7.76. The lowest BCUT2D eigenvalue weighted by molar-refractivity contribution is 0.102. The molecule has 0 saturated heterocycles. The fraction of sp³-hybridized carbons (Fsp3) is 0.348. The molecule has 1 amide bonds. The van der Waals surface area contributed by atoms with Crippen molar-refractivity contribution in [1.82, 2.24) is 9.55 Å². The Kier molecular flexibility index (Phi) is 5.55. The fourth-order valence-electron chi connectivity index (χ4n) is 3.89. The fourth-order valence-corrected chi connectivity index (χ4v) is 3.89. The molecule has 0 radical (unpaired) electrons. The minimum Gasteiger partial charge on any atom is -0.439 e. The van der Waals surface area contributed by atoms with E-state index >= 15 is 0 Å². The molecule has 2 unspecified atom stereocenters. The minimum atomic E-state index is -0.897. The van der Waals surface area contributed by atoms with Gasteiger partial charge in [-0.3, -0.25) is 9.36 Å². The lowest BCUT2D eigenvalue weighted by Crippen LogP contribution is -2.29. The van der Waals surface area contributed by atoms with Crippen molar-refractivity contribution in [2.24, 2.45) is 11.7 Å². The van der Waals surface area contributed by atoms with E-state index in [1.54, 1.807) is 17.6 Å². The number of ether oxygens (including phenoxy) is 2. The number of fused-ring (bicyclic) bond motifs is 1. The molecule has 0 aliphatic heterocycles. The van der Waals surface area contributed by atoms with E-state index in [0.717, 1.165) is 17.5 Å². The van der Waals surface area contributed by atoms with Gasteiger partial charge in [-0.05, 0) is 37.5 Å². The lowest BCUT2D eigenvalue weighted by Gasteiger charge is -2.19. The van der Waals surface area contributed by atoms with Gasteiger partial charge >= 0.3 is 6.09 Å². The Hall–Kier alpha value is -3.19. The Morgan fingerprint density at radius 2 is 2.00 bits per heavy atom. The zero-order chi connectivity index (χ0) is 21.3. The molecule has 3 atom stereocenters. The summed E-state index contributed by atoms with van der Waals surface area (Å²) in [5.74, 6) is 0.613. The first-order valence-corrected chi connectivity index (χ1v) is 10.0. The molecule has 0 spiro atoms. The molecular weight excluding hydrogens is 382 g/mol. The molecule has 2 aromatic carbocycles. The molecule has 1 aliphatic carbocycles. The van der Waals surface area contributed by atoms with Gasteiger partial charge in [0.05, 0.1) is 24.1 Å². The molecule has 1 aliphatic rings. The van der Waals surface area contributed by atoms with Crippen molar-refractivity contribution in [2.45, 2.75) is 39.0 Å². The molecule has 0 bridgehead atoms. The molecule has 2 N–H and O–H groups in total. The molecule has 4 rings (SSSR count). The van der Waals surface area contributed by atoms with Crippen molar-refractivity contribution in [3.05, 3.63) is 75.8 Å². The number of hydrogen-bond acceptors (Lipinski definition) is 5. The zero-order valence-electron chi connectivity index (χ0n) is 17.1. The number of carbonyl (C=O) groups excluding carboxylic acids is 1. The van der Waals surface area contributed by atoms with Gasteiger partial charge in [-0.25, -0.2) is 9.78 Å². The summed E-state index contributed by atoms with van der Waals surface area (Å²) >= 11 is 0. The van der Waals surface area contributed by atoms with Crippen LogP contribution in [0.4, 0.5) is 4.79 Å². The van der Waals surface area contributed by atoms with Gasteiger partial charge in [0.15, 0.2) is 11.9 Å². The first-order valence-electron chi connectivity index (χ1n) is 10.0. The third-order valence-corrected chi connectivity index (χ3v) is 5.48. The summed E-state index contributed by atoms with van der Waals surface area (Å²) in [7, 11) is 0. The van der Waals surface area contributed by atoms with Crippen LogP contribution < -0.4 is 11.3 Å². The van der Waals surface area contributed by atoms with Crippen LogP contribution >= 0.6 is 0 Å². The average molecular weight is 407 g/mol. The number of benzene rings is 2. The number of amides is 1. The van der Waals surface area contributed by atoms with Gasteiger partial charge in [0, 0.05) is 12.0 Å². The normalized spacial score (nSPS) is 18.9. The average Bonchev–Trinajstić information content (AvgIpc) is 3.47. The van der Waals surface area contributed by atoms with Crippen molar-refractivity contribution in [2.75, 3.05) is 6.61 Å². The highest BCUT2D eigenvalue weighted by Gasteiger charge is 2.42. The van der Waals surface area contributed by atoms with E-state index in [0.29, 0.717) is 29.9 Å². The van der Waals surface area contributed by atoms with Gasteiger partial charge in [-0.1, -0.05) is 42.5 Å². The highest BCUT2D eigenvalue weighted by Crippen LogP contribution is 2.44. The van der Waals surface area contributed by atoms with Crippen molar-refractivity contribution in [1.29, 1.82) is 0 Å². The highest BCUT2D eigenvalue weighted by molar-refractivity contribution is 5.81. The van der Waals surface area contributed by atoms with Crippen LogP contribution in [0.25, 0.3) is 10.9 Å². The quantitative estimate of drug-likeness (QED) is 0.645. The summed E-state index contributed by atoms with van der Waals surface area (Å²) in [6.07, 6.45) is -0.817. The maximum atomic E-state index is 13.4. The van der Waals surface area contributed by atoms with Crippen LogP contribution in [0.1, 0.15) is 42.4 Å². The SMILES string of the molecule is Cc1cccc2nc([C@H](C)OC(N)=O)n(C3CC3COCc3ccccc3)c(=O)c12. The molecule has 3 aromatic rings. The first kappa shape index (κ1) is 20.1. The Labute approximate surface area is 174 Å².